The Labute approximate surface area is 171 Å². The van der Waals surface area contributed by atoms with E-state index in [9.17, 15) is 4.79 Å². The molecule has 0 fully saturated rings. The summed E-state index contributed by atoms with van der Waals surface area (Å²) in [7, 11) is 1.87. The van der Waals surface area contributed by atoms with Crippen molar-refractivity contribution in [2.45, 2.75) is 20.5 Å². The Morgan fingerprint density at radius 1 is 1.28 bits per heavy atom. The lowest BCUT2D eigenvalue weighted by Crippen LogP contribution is -2.15. The Bertz CT molecular complexity index is 1150. The topological polar surface area (TPSA) is 95.1 Å². The number of aromatic nitrogens is 4. The lowest BCUT2D eigenvalue weighted by Gasteiger charge is -2.06. The van der Waals surface area contributed by atoms with E-state index in [0.717, 1.165) is 17.0 Å². The molecule has 148 valence electrons. The van der Waals surface area contributed by atoms with Gasteiger partial charge in [-0.1, -0.05) is 23.4 Å². The molecule has 0 aliphatic heterocycles. The Morgan fingerprint density at radius 2 is 2.07 bits per heavy atom. The van der Waals surface area contributed by atoms with Crippen LogP contribution < -0.4 is 10.1 Å². The van der Waals surface area contributed by atoms with Crippen LogP contribution in [0.3, 0.4) is 0 Å². The summed E-state index contributed by atoms with van der Waals surface area (Å²) >= 11 is 1.34. The van der Waals surface area contributed by atoms with E-state index in [1.807, 2.05) is 49.7 Å². The summed E-state index contributed by atoms with van der Waals surface area (Å²) in [4.78, 5) is 17.2. The molecule has 0 aliphatic rings. The van der Waals surface area contributed by atoms with Crippen molar-refractivity contribution in [2.75, 3.05) is 5.32 Å². The lowest BCUT2D eigenvalue weighted by molar-refractivity contribution is 0.101. The molecular formula is C20H19N5O3S. The number of aryl methyl sites for hydroxylation is 2. The SMILES string of the molecule is Cc1onc(C(=O)Nc2nc(-c3cnn(C)c3C)cs2)c1COc1ccccc1. The number of thiazole rings is 1. The van der Waals surface area contributed by atoms with Gasteiger partial charge in [-0.15, -0.1) is 11.3 Å². The second-order valence-corrected chi connectivity index (χ2v) is 7.29. The predicted molar refractivity (Wildman–Crippen MR) is 109 cm³/mol. The Balaban J connectivity index is 1.49. The second kappa shape index (κ2) is 7.88. The Hall–Kier alpha value is -3.46. The van der Waals surface area contributed by atoms with Crippen LogP contribution in [0.1, 0.15) is 27.5 Å². The van der Waals surface area contributed by atoms with Gasteiger partial charge in [-0.2, -0.15) is 5.10 Å². The van der Waals surface area contributed by atoms with Gasteiger partial charge in [0.2, 0.25) is 0 Å². The monoisotopic (exact) mass is 409 g/mol. The number of para-hydroxylation sites is 1. The summed E-state index contributed by atoms with van der Waals surface area (Å²) in [6, 6.07) is 9.37. The molecule has 0 saturated carbocycles. The van der Waals surface area contributed by atoms with Crippen molar-refractivity contribution in [1.82, 2.24) is 19.9 Å². The molecule has 0 unspecified atom stereocenters. The van der Waals surface area contributed by atoms with Crippen molar-refractivity contribution >= 4 is 22.4 Å². The van der Waals surface area contributed by atoms with Gasteiger partial charge in [-0.05, 0) is 26.0 Å². The van der Waals surface area contributed by atoms with Crippen LogP contribution in [0.25, 0.3) is 11.3 Å². The first-order chi connectivity index (χ1) is 14.0. The fourth-order valence-corrected chi connectivity index (χ4v) is 3.48. The van der Waals surface area contributed by atoms with E-state index in [1.165, 1.54) is 11.3 Å². The number of nitrogens with zero attached hydrogens (tertiary/aromatic N) is 4. The highest BCUT2D eigenvalue weighted by Crippen LogP contribution is 2.27. The van der Waals surface area contributed by atoms with E-state index in [-0.39, 0.29) is 12.3 Å². The fourth-order valence-electron chi connectivity index (χ4n) is 2.77. The highest BCUT2D eigenvalue weighted by atomic mass is 32.1. The highest BCUT2D eigenvalue weighted by Gasteiger charge is 2.22. The Morgan fingerprint density at radius 3 is 2.79 bits per heavy atom. The van der Waals surface area contributed by atoms with E-state index in [2.05, 4.69) is 20.6 Å². The van der Waals surface area contributed by atoms with Gasteiger partial charge in [-0.25, -0.2) is 4.98 Å². The van der Waals surface area contributed by atoms with Gasteiger partial charge in [0, 0.05) is 23.7 Å². The molecule has 0 spiro atoms. The second-order valence-electron chi connectivity index (χ2n) is 6.43. The van der Waals surface area contributed by atoms with Crippen LogP contribution in [0.2, 0.25) is 0 Å². The summed E-state index contributed by atoms with van der Waals surface area (Å²) in [5, 5.41) is 13.3. The number of carbonyl (C=O) groups excluding carboxylic acids is 1. The number of amides is 1. The summed E-state index contributed by atoms with van der Waals surface area (Å²) in [5.74, 6) is 0.852. The number of hydrogen-bond donors (Lipinski definition) is 1. The molecule has 0 saturated heterocycles. The van der Waals surface area contributed by atoms with Crippen molar-refractivity contribution in [2.24, 2.45) is 7.05 Å². The van der Waals surface area contributed by atoms with Crippen molar-refractivity contribution in [3.8, 4) is 17.0 Å². The smallest absolute Gasteiger partial charge is 0.280 e. The zero-order valence-electron chi connectivity index (χ0n) is 16.2. The maximum absolute atomic E-state index is 12.7. The van der Waals surface area contributed by atoms with Crippen LogP contribution in [0, 0.1) is 13.8 Å². The molecule has 0 bridgehead atoms. The number of rotatable bonds is 6. The van der Waals surface area contributed by atoms with Gasteiger partial charge in [0.05, 0.1) is 17.5 Å². The van der Waals surface area contributed by atoms with Crippen LogP contribution in [0.15, 0.2) is 46.4 Å². The van der Waals surface area contributed by atoms with Crippen molar-refractivity contribution in [3.63, 3.8) is 0 Å². The number of benzene rings is 1. The maximum atomic E-state index is 12.7. The minimum absolute atomic E-state index is 0.181. The lowest BCUT2D eigenvalue weighted by atomic mass is 10.2. The van der Waals surface area contributed by atoms with Crippen molar-refractivity contribution < 1.29 is 14.1 Å². The van der Waals surface area contributed by atoms with Crippen LogP contribution in [-0.4, -0.2) is 25.8 Å². The van der Waals surface area contributed by atoms with Crippen LogP contribution >= 0.6 is 11.3 Å². The molecule has 29 heavy (non-hydrogen) atoms. The Kier molecular flexibility index (Phi) is 5.13. The molecule has 9 heteroatoms. The molecular weight excluding hydrogens is 390 g/mol. The zero-order valence-corrected chi connectivity index (χ0v) is 17.0. The molecule has 1 amide bonds. The highest BCUT2D eigenvalue weighted by molar-refractivity contribution is 7.14. The summed E-state index contributed by atoms with van der Waals surface area (Å²) in [5.41, 5.74) is 3.48. The molecule has 0 aliphatic carbocycles. The third-order valence-electron chi connectivity index (χ3n) is 4.56. The first-order valence-corrected chi connectivity index (χ1v) is 9.79. The molecule has 1 N–H and O–H groups in total. The van der Waals surface area contributed by atoms with E-state index in [4.69, 9.17) is 9.26 Å². The number of nitrogens with one attached hydrogen (secondary N) is 1. The first-order valence-electron chi connectivity index (χ1n) is 8.91. The van der Waals surface area contributed by atoms with E-state index >= 15 is 0 Å². The largest absolute Gasteiger partial charge is 0.489 e. The molecule has 1 aromatic carbocycles. The van der Waals surface area contributed by atoms with Gasteiger partial charge in [0.15, 0.2) is 10.8 Å². The average Bonchev–Trinajstić information content (AvgIpc) is 3.41. The molecule has 0 radical (unpaired) electrons. The summed E-state index contributed by atoms with van der Waals surface area (Å²) in [6.07, 6.45) is 1.76. The first kappa shape index (κ1) is 18.9. The summed E-state index contributed by atoms with van der Waals surface area (Å²) < 4.78 is 12.7. The number of anilines is 1. The van der Waals surface area contributed by atoms with Gasteiger partial charge >= 0.3 is 0 Å². The van der Waals surface area contributed by atoms with E-state index in [0.29, 0.717) is 22.2 Å². The standard InChI is InChI=1S/C20H19N5O3S/c1-12-15(9-21-25(12)3)17-11-29-20(22-17)23-19(26)18-16(13(2)28-24-18)10-27-14-7-5-4-6-8-14/h4-9,11H,10H2,1-3H3,(H,22,23,26). The normalized spacial score (nSPS) is 10.9. The van der Waals surface area contributed by atoms with Gasteiger partial charge in [0.25, 0.3) is 5.91 Å². The molecule has 3 heterocycles. The fraction of sp³-hybridized carbons (Fsp3) is 0.200. The van der Waals surface area contributed by atoms with E-state index in [1.54, 1.807) is 17.8 Å². The molecule has 3 aromatic heterocycles. The molecule has 4 aromatic rings. The maximum Gasteiger partial charge on any atom is 0.280 e. The minimum Gasteiger partial charge on any atom is -0.489 e. The summed E-state index contributed by atoms with van der Waals surface area (Å²) in [6.45, 7) is 3.90. The zero-order chi connectivity index (χ0) is 20.4. The van der Waals surface area contributed by atoms with Crippen LogP contribution in [-0.2, 0) is 13.7 Å². The van der Waals surface area contributed by atoms with Crippen LogP contribution in [0.4, 0.5) is 5.13 Å². The van der Waals surface area contributed by atoms with Gasteiger partial charge in [-0.3, -0.25) is 14.8 Å². The van der Waals surface area contributed by atoms with Gasteiger partial charge < -0.3 is 9.26 Å². The van der Waals surface area contributed by atoms with E-state index < -0.39 is 5.91 Å². The quantitative estimate of drug-likeness (QED) is 0.518. The van der Waals surface area contributed by atoms with Crippen LogP contribution in [0.5, 0.6) is 5.75 Å². The average molecular weight is 409 g/mol. The molecule has 8 nitrogen and oxygen atoms in total. The third kappa shape index (κ3) is 3.90. The predicted octanol–water partition coefficient (Wildman–Crippen LogP) is 3.98. The van der Waals surface area contributed by atoms with Gasteiger partial charge in [0.1, 0.15) is 18.1 Å². The van der Waals surface area contributed by atoms with Crippen molar-refractivity contribution in [3.05, 3.63) is 64.6 Å². The number of ether oxygens (including phenoxy) is 1. The van der Waals surface area contributed by atoms with Crippen molar-refractivity contribution in [1.29, 1.82) is 0 Å². The number of hydrogen-bond acceptors (Lipinski definition) is 7. The minimum atomic E-state index is -0.391. The molecule has 0 atom stereocenters. The number of carbonyl (C=O) groups is 1. The third-order valence-corrected chi connectivity index (χ3v) is 5.32. The molecule has 4 rings (SSSR count).